The molecule has 1 unspecified atom stereocenters. The normalized spacial score (nSPS) is 18.5. The molecule has 2 rings (SSSR count). The van der Waals surface area contributed by atoms with Gasteiger partial charge in [0.25, 0.3) is 5.91 Å². The summed E-state index contributed by atoms with van der Waals surface area (Å²) in [4.78, 5) is 24.5. The van der Waals surface area contributed by atoms with Crippen LogP contribution in [0.5, 0.6) is 0 Å². The monoisotopic (exact) mass is 331 g/mol. The predicted octanol–water partition coefficient (Wildman–Crippen LogP) is -0.542. The third-order valence-electron chi connectivity index (χ3n) is 2.93. The molecule has 0 aliphatic carbocycles. The first-order chi connectivity index (χ1) is 9.83. The minimum atomic E-state index is -3.19. The van der Waals surface area contributed by atoms with E-state index in [1.54, 1.807) is 6.07 Å². The van der Waals surface area contributed by atoms with Crippen LogP contribution in [0.2, 0.25) is 0 Å². The summed E-state index contributed by atoms with van der Waals surface area (Å²) in [6, 6.07) is 3.35. The molecule has 21 heavy (non-hydrogen) atoms. The Morgan fingerprint density at radius 3 is 2.86 bits per heavy atom. The fourth-order valence-corrected chi connectivity index (χ4v) is 3.34. The Bertz CT molecular complexity index is 639. The lowest BCUT2D eigenvalue weighted by molar-refractivity contribution is -0.119. The molecule has 2 amide bonds. The van der Waals surface area contributed by atoms with Crippen LogP contribution < -0.4 is 15.4 Å². The van der Waals surface area contributed by atoms with Crippen LogP contribution in [0.25, 0.3) is 0 Å². The van der Waals surface area contributed by atoms with Crippen molar-refractivity contribution in [1.29, 1.82) is 0 Å². The first-order valence-corrected chi connectivity index (χ1v) is 9.15. The maximum atomic E-state index is 12.0. The molecule has 116 valence electrons. The maximum absolute atomic E-state index is 12.0. The molecule has 0 saturated carbocycles. The fraction of sp³-hybridized carbons (Fsp3) is 0.500. The fourth-order valence-electron chi connectivity index (χ4n) is 1.96. The number of hydrogen-bond acceptors (Lipinski definition) is 5. The van der Waals surface area contributed by atoms with Gasteiger partial charge in [-0.05, 0) is 18.6 Å². The van der Waals surface area contributed by atoms with Gasteiger partial charge in [-0.2, -0.15) is 0 Å². The van der Waals surface area contributed by atoms with Crippen molar-refractivity contribution in [2.24, 2.45) is 0 Å². The summed E-state index contributed by atoms with van der Waals surface area (Å²) in [5.41, 5.74) is 0. The van der Waals surface area contributed by atoms with E-state index in [0.29, 0.717) is 30.8 Å². The molecule has 1 saturated heterocycles. The molecule has 0 spiro atoms. The number of carbonyl (C=O) groups is 2. The number of rotatable bonds is 6. The molecular weight excluding hydrogens is 314 g/mol. The summed E-state index contributed by atoms with van der Waals surface area (Å²) in [6.07, 6.45) is 1.95. The van der Waals surface area contributed by atoms with Crippen LogP contribution in [0.4, 0.5) is 0 Å². The quantitative estimate of drug-likeness (QED) is 0.651. The Kier molecular flexibility index (Phi) is 4.96. The largest absolute Gasteiger partial charge is 0.354 e. The third kappa shape index (κ3) is 5.10. The smallest absolute Gasteiger partial charge is 0.261 e. The zero-order valence-electron chi connectivity index (χ0n) is 11.5. The number of carbonyl (C=O) groups excluding carboxylic acids is 2. The van der Waals surface area contributed by atoms with Gasteiger partial charge in [0.2, 0.25) is 15.9 Å². The van der Waals surface area contributed by atoms with Crippen molar-refractivity contribution in [1.82, 2.24) is 15.4 Å². The van der Waals surface area contributed by atoms with Gasteiger partial charge in [-0.25, -0.2) is 13.1 Å². The molecule has 2 heterocycles. The lowest BCUT2D eigenvalue weighted by Gasteiger charge is -2.08. The number of nitrogens with one attached hydrogen (secondary N) is 3. The molecule has 0 bridgehead atoms. The highest BCUT2D eigenvalue weighted by Gasteiger charge is 2.23. The first kappa shape index (κ1) is 15.9. The van der Waals surface area contributed by atoms with Gasteiger partial charge < -0.3 is 10.6 Å². The van der Waals surface area contributed by atoms with Gasteiger partial charge in [0.1, 0.15) is 0 Å². The van der Waals surface area contributed by atoms with E-state index >= 15 is 0 Å². The van der Waals surface area contributed by atoms with Crippen LogP contribution in [0.15, 0.2) is 12.1 Å². The summed E-state index contributed by atoms with van der Waals surface area (Å²) in [5.74, 6) is -0.261. The van der Waals surface area contributed by atoms with Crippen molar-refractivity contribution in [3.63, 3.8) is 0 Å². The molecule has 1 fully saturated rings. The molecule has 1 aromatic rings. The Labute approximate surface area is 127 Å². The number of thiophene rings is 1. The van der Waals surface area contributed by atoms with E-state index < -0.39 is 10.0 Å². The Morgan fingerprint density at radius 2 is 2.24 bits per heavy atom. The molecule has 7 nitrogen and oxygen atoms in total. The third-order valence-corrected chi connectivity index (χ3v) is 4.81. The average Bonchev–Trinajstić information content (AvgIpc) is 2.97. The molecule has 1 aromatic heterocycles. The summed E-state index contributed by atoms with van der Waals surface area (Å²) in [6.45, 7) is 0.766. The number of sulfonamides is 1. The van der Waals surface area contributed by atoms with Gasteiger partial charge in [0.15, 0.2) is 0 Å². The second kappa shape index (κ2) is 6.54. The van der Waals surface area contributed by atoms with E-state index in [2.05, 4.69) is 15.4 Å². The standard InChI is InChI=1S/C12H17N3O4S2/c1-21(18,19)14-5-4-9-2-3-10(20-9)12(17)15-8-6-11(16)13-7-8/h2-3,8,14H,4-7H2,1H3,(H,13,16)(H,15,17). The van der Waals surface area contributed by atoms with Crippen LogP contribution in [0.1, 0.15) is 21.0 Å². The minimum absolute atomic E-state index is 0.0565. The second-order valence-electron chi connectivity index (χ2n) is 4.86. The van der Waals surface area contributed by atoms with E-state index in [9.17, 15) is 18.0 Å². The van der Waals surface area contributed by atoms with Crippen molar-refractivity contribution in [2.45, 2.75) is 18.9 Å². The Balaban J connectivity index is 1.84. The van der Waals surface area contributed by atoms with Gasteiger partial charge in [0.05, 0.1) is 17.2 Å². The van der Waals surface area contributed by atoms with E-state index in [0.717, 1.165) is 11.1 Å². The first-order valence-electron chi connectivity index (χ1n) is 6.44. The summed E-state index contributed by atoms with van der Waals surface area (Å²) < 4.78 is 24.3. The van der Waals surface area contributed by atoms with Gasteiger partial charge >= 0.3 is 0 Å². The summed E-state index contributed by atoms with van der Waals surface area (Å²) >= 11 is 1.32. The molecule has 1 aliphatic rings. The van der Waals surface area contributed by atoms with Crippen LogP contribution in [0, 0.1) is 0 Å². The molecule has 9 heteroatoms. The molecular formula is C12H17N3O4S2. The van der Waals surface area contributed by atoms with Crippen LogP contribution in [-0.2, 0) is 21.2 Å². The molecule has 0 radical (unpaired) electrons. The van der Waals surface area contributed by atoms with Crippen molar-refractivity contribution in [3.05, 3.63) is 21.9 Å². The zero-order chi connectivity index (χ0) is 15.5. The highest BCUT2D eigenvalue weighted by molar-refractivity contribution is 7.88. The minimum Gasteiger partial charge on any atom is -0.354 e. The summed E-state index contributed by atoms with van der Waals surface area (Å²) in [5, 5.41) is 5.45. The number of amides is 2. The lowest BCUT2D eigenvalue weighted by Crippen LogP contribution is -2.35. The molecule has 1 aliphatic heterocycles. The topological polar surface area (TPSA) is 104 Å². The average molecular weight is 331 g/mol. The van der Waals surface area contributed by atoms with Crippen molar-refractivity contribution < 1.29 is 18.0 Å². The van der Waals surface area contributed by atoms with E-state index in [4.69, 9.17) is 0 Å². The maximum Gasteiger partial charge on any atom is 0.261 e. The lowest BCUT2D eigenvalue weighted by atomic mass is 10.2. The predicted molar refractivity (Wildman–Crippen MR) is 79.8 cm³/mol. The van der Waals surface area contributed by atoms with Crippen LogP contribution >= 0.6 is 11.3 Å². The highest BCUT2D eigenvalue weighted by Crippen LogP contribution is 2.17. The van der Waals surface area contributed by atoms with Gasteiger partial charge in [0, 0.05) is 24.4 Å². The van der Waals surface area contributed by atoms with Gasteiger partial charge in [-0.15, -0.1) is 11.3 Å². The highest BCUT2D eigenvalue weighted by atomic mass is 32.2. The summed E-state index contributed by atoms with van der Waals surface area (Å²) in [7, 11) is -3.19. The molecule has 0 aromatic carbocycles. The zero-order valence-corrected chi connectivity index (χ0v) is 13.1. The molecule has 3 N–H and O–H groups in total. The SMILES string of the molecule is CS(=O)(=O)NCCc1ccc(C(=O)NC2CNC(=O)C2)s1. The van der Waals surface area contributed by atoms with E-state index in [1.807, 2.05) is 6.07 Å². The van der Waals surface area contributed by atoms with Crippen LogP contribution in [-0.4, -0.2) is 45.6 Å². The number of hydrogen-bond donors (Lipinski definition) is 3. The molecule has 1 atom stereocenters. The van der Waals surface area contributed by atoms with Gasteiger partial charge in [-0.3, -0.25) is 9.59 Å². The Morgan fingerprint density at radius 1 is 1.48 bits per heavy atom. The van der Waals surface area contributed by atoms with Crippen molar-refractivity contribution in [3.8, 4) is 0 Å². The van der Waals surface area contributed by atoms with E-state index in [-0.39, 0.29) is 17.9 Å². The second-order valence-corrected chi connectivity index (χ2v) is 7.86. The van der Waals surface area contributed by atoms with E-state index in [1.165, 1.54) is 11.3 Å². The van der Waals surface area contributed by atoms with Crippen LogP contribution in [0.3, 0.4) is 0 Å². The van der Waals surface area contributed by atoms with Crippen molar-refractivity contribution >= 4 is 33.2 Å². The van der Waals surface area contributed by atoms with Crippen molar-refractivity contribution in [2.75, 3.05) is 19.3 Å². The Hall–Kier alpha value is -1.45. The van der Waals surface area contributed by atoms with Gasteiger partial charge in [-0.1, -0.05) is 0 Å².